The number of aromatic nitrogens is 2. The fourth-order valence-corrected chi connectivity index (χ4v) is 4.36. The number of likely N-dealkylation sites (tertiary alicyclic amines) is 1. The summed E-state index contributed by atoms with van der Waals surface area (Å²) in [7, 11) is -1.78. The normalized spacial score (nSPS) is 19.0. The predicted molar refractivity (Wildman–Crippen MR) is 93.1 cm³/mol. The average molecular weight is 348 g/mol. The third-order valence-electron chi connectivity index (χ3n) is 4.59. The fourth-order valence-electron chi connectivity index (χ4n) is 3.35. The van der Waals surface area contributed by atoms with Crippen LogP contribution in [-0.4, -0.2) is 42.7 Å². The molecule has 0 amide bonds. The first-order chi connectivity index (χ1) is 11.5. The Labute approximate surface area is 143 Å². The Morgan fingerprint density at radius 2 is 2.12 bits per heavy atom. The first-order valence-electron chi connectivity index (χ1n) is 8.25. The molecule has 24 heavy (non-hydrogen) atoms. The molecule has 7 heteroatoms. The molecule has 0 saturated carbocycles. The van der Waals surface area contributed by atoms with Gasteiger partial charge in [0.25, 0.3) is 0 Å². The minimum atomic E-state index is -3.48. The van der Waals surface area contributed by atoms with E-state index in [1.165, 1.54) is 28.2 Å². The Hall–Kier alpha value is -1.70. The van der Waals surface area contributed by atoms with E-state index in [0.717, 1.165) is 19.4 Å². The molecule has 0 unspecified atom stereocenters. The number of rotatable bonds is 6. The summed E-state index contributed by atoms with van der Waals surface area (Å²) in [6.45, 7) is 4.25. The van der Waals surface area contributed by atoms with Crippen LogP contribution in [0, 0.1) is 6.92 Å². The molecule has 1 aromatic heterocycles. The monoisotopic (exact) mass is 348 g/mol. The van der Waals surface area contributed by atoms with E-state index in [4.69, 9.17) is 0 Å². The lowest BCUT2D eigenvalue weighted by Crippen LogP contribution is -2.34. The topological polar surface area (TPSA) is 67.2 Å². The molecule has 2 aromatic rings. The van der Waals surface area contributed by atoms with E-state index >= 15 is 0 Å². The van der Waals surface area contributed by atoms with Gasteiger partial charge < -0.3 is 0 Å². The molecular formula is C17H24N4O2S. The van der Waals surface area contributed by atoms with Crippen molar-refractivity contribution in [2.24, 2.45) is 7.05 Å². The highest BCUT2D eigenvalue weighted by atomic mass is 32.2. The summed E-state index contributed by atoms with van der Waals surface area (Å²) in [6, 6.07) is 8.83. The molecule has 0 aliphatic carbocycles. The van der Waals surface area contributed by atoms with Gasteiger partial charge in [-0.15, -0.1) is 0 Å². The summed E-state index contributed by atoms with van der Waals surface area (Å²) in [6.07, 6.45) is 5.15. The number of aryl methyl sites for hydroxylation is 2. The first-order valence-corrected chi connectivity index (χ1v) is 9.73. The van der Waals surface area contributed by atoms with E-state index in [2.05, 4.69) is 45.9 Å². The molecule has 1 saturated heterocycles. The highest BCUT2D eigenvalue weighted by molar-refractivity contribution is 7.89. The molecule has 130 valence electrons. The van der Waals surface area contributed by atoms with Gasteiger partial charge in [-0.25, -0.2) is 13.1 Å². The van der Waals surface area contributed by atoms with Crippen molar-refractivity contribution in [3.05, 3.63) is 47.8 Å². The minimum absolute atomic E-state index is 0.210. The Bertz CT molecular complexity index is 800. The van der Waals surface area contributed by atoms with Crippen LogP contribution in [0.5, 0.6) is 0 Å². The van der Waals surface area contributed by atoms with Crippen molar-refractivity contribution in [2.75, 3.05) is 19.6 Å². The van der Waals surface area contributed by atoms with Crippen molar-refractivity contribution in [1.29, 1.82) is 0 Å². The molecule has 2 heterocycles. The summed E-state index contributed by atoms with van der Waals surface area (Å²) in [4.78, 5) is 2.58. The van der Waals surface area contributed by atoms with Gasteiger partial charge in [-0.3, -0.25) is 9.58 Å². The van der Waals surface area contributed by atoms with Crippen LogP contribution in [0.2, 0.25) is 0 Å². The van der Waals surface area contributed by atoms with Crippen LogP contribution in [0.1, 0.15) is 30.0 Å². The molecule has 1 aromatic carbocycles. The van der Waals surface area contributed by atoms with Gasteiger partial charge in [0, 0.05) is 32.4 Å². The second kappa shape index (κ2) is 7.04. The highest BCUT2D eigenvalue weighted by Crippen LogP contribution is 2.33. The summed E-state index contributed by atoms with van der Waals surface area (Å²) >= 11 is 0. The van der Waals surface area contributed by atoms with Crippen LogP contribution in [-0.2, 0) is 17.1 Å². The first kappa shape index (κ1) is 17.1. The summed E-state index contributed by atoms with van der Waals surface area (Å²) in [5, 5.41) is 3.92. The quantitative estimate of drug-likeness (QED) is 0.865. The zero-order chi connectivity index (χ0) is 17.2. The number of nitrogens with one attached hydrogen (secondary N) is 1. The SMILES string of the molecule is Cc1ccccc1[C@@H]1CCCN1CCNS(=O)(=O)c1cnn(C)c1. The third kappa shape index (κ3) is 3.68. The fraction of sp³-hybridized carbons (Fsp3) is 0.471. The summed E-state index contributed by atoms with van der Waals surface area (Å²) < 4.78 is 28.7. The number of hydrogen-bond donors (Lipinski definition) is 1. The molecule has 0 radical (unpaired) electrons. The van der Waals surface area contributed by atoms with Gasteiger partial charge in [0.05, 0.1) is 6.20 Å². The maximum absolute atomic E-state index is 12.2. The van der Waals surface area contributed by atoms with Crippen molar-refractivity contribution in [3.63, 3.8) is 0 Å². The van der Waals surface area contributed by atoms with Gasteiger partial charge in [0.2, 0.25) is 10.0 Å². The largest absolute Gasteiger partial charge is 0.295 e. The number of benzene rings is 1. The van der Waals surface area contributed by atoms with Crippen molar-refractivity contribution >= 4 is 10.0 Å². The Morgan fingerprint density at radius 3 is 2.83 bits per heavy atom. The van der Waals surface area contributed by atoms with E-state index in [1.54, 1.807) is 7.05 Å². The summed E-state index contributed by atoms with van der Waals surface area (Å²) in [5.41, 5.74) is 2.65. The van der Waals surface area contributed by atoms with Gasteiger partial charge in [-0.05, 0) is 37.4 Å². The molecule has 3 rings (SSSR count). The van der Waals surface area contributed by atoms with Gasteiger partial charge in [0.1, 0.15) is 4.90 Å². The lowest BCUT2D eigenvalue weighted by atomic mass is 9.99. The average Bonchev–Trinajstić information content (AvgIpc) is 3.17. The number of nitrogens with zero attached hydrogens (tertiary/aromatic N) is 3. The van der Waals surface area contributed by atoms with E-state index in [1.807, 2.05) is 0 Å². The zero-order valence-corrected chi connectivity index (χ0v) is 15.0. The maximum atomic E-state index is 12.2. The van der Waals surface area contributed by atoms with Crippen molar-refractivity contribution in [3.8, 4) is 0 Å². The highest BCUT2D eigenvalue weighted by Gasteiger charge is 2.27. The molecule has 6 nitrogen and oxygen atoms in total. The van der Waals surface area contributed by atoms with Crippen LogP contribution < -0.4 is 4.72 Å². The second-order valence-electron chi connectivity index (χ2n) is 6.30. The van der Waals surface area contributed by atoms with Crippen LogP contribution in [0.25, 0.3) is 0 Å². The van der Waals surface area contributed by atoms with Crippen LogP contribution in [0.15, 0.2) is 41.6 Å². The van der Waals surface area contributed by atoms with E-state index in [0.29, 0.717) is 19.1 Å². The Balaban J connectivity index is 1.61. The number of hydrogen-bond acceptors (Lipinski definition) is 4. The lowest BCUT2D eigenvalue weighted by molar-refractivity contribution is 0.261. The van der Waals surface area contributed by atoms with Gasteiger partial charge in [-0.2, -0.15) is 5.10 Å². The molecule has 0 spiro atoms. The third-order valence-corrected chi connectivity index (χ3v) is 6.01. The van der Waals surface area contributed by atoms with Crippen molar-refractivity contribution < 1.29 is 8.42 Å². The summed E-state index contributed by atoms with van der Waals surface area (Å²) in [5.74, 6) is 0. The Morgan fingerprint density at radius 1 is 1.33 bits per heavy atom. The smallest absolute Gasteiger partial charge is 0.243 e. The molecule has 1 fully saturated rings. The standard InChI is InChI=1S/C17H24N4O2S/c1-14-6-3-4-7-16(14)17-8-5-10-21(17)11-9-19-24(22,23)15-12-18-20(2)13-15/h3-4,6-7,12-13,17,19H,5,8-11H2,1-2H3/t17-/m0/s1. The second-order valence-corrected chi connectivity index (χ2v) is 8.07. The molecule has 1 atom stereocenters. The molecule has 1 aliphatic rings. The van der Waals surface area contributed by atoms with Gasteiger partial charge in [0.15, 0.2) is 0 Å². The van der Waals surface area contributed by atoms with E-state index in [9.17, 15) is 8.42 Å². The van der Waals surface area contributed by atoms with Crippen LogP contribution in [0.3, 0.4) is 0 Å². The van der Waals surface area contributed by atoms with Crippen molar-refractivity contribution in [2.45, 2.75) is 30.7 Å². The van der Waals surface area contributed by atoms with E-state index in [-0.39, 0.29) is 4.90 Å². The molecule has 0 bridgehead atoms. The zero-order valence-electron chi connectivity index (χ0n) is 14.1. The molecule has 1 aliphatic heterocycles. The Kier molecular flexibility index (Phi) is 5.03. The van der Waals surface area contributed by atoms with E-state index < -0.39 is 10.0 Å². The molecular weight excluding hydrogens is 324 g/mol. The van der Waals surface area contributed by atoms with Crippen molar-refractivity contribution in [1.82, 2.24) is 19.4 Å². The van der Waals surface area contributed by atoms with Gasteiger partial charge >= 0.3 is 0 Å². The minimum Gasteiger partial charge on any atom is -0.295 e. The predicted octanol–water partition coefficient (Wildman–Crippen LogP) is 1.84. The number of sulfonamides is 1. The van der Waals surface area contributed by atoms with Crippen LogP contribution >= 0.6 is 0 Å². The lowest BCUT2D eigenvalue weighted by Gasteiger charge is -2.26. The maximum Gasteiger partial charge on any atom is 0.243 e. The van der Waals surface area contributed by atoms with Crippen LogP contribution in [0.4, 0.5) is 0 Å². The molecule has 1 N–H and O–H groups in total. The van der Waals surface area contributed by atoms with Gasteiger partial charge in [-0.1, -0.05) is 24.3 Å².